The number of aliphatic hydroxyl groups excluding tert-OH is 2. The van der Waals surface area contributed by atoms with Crippen LogP contribution in [0, 0.1) is 0 Å². The molecule has 0 bridgehead atoms. The molecule has 3 N–H and O–H groups in total. The highest BCUT2D eigenvalue weighted by atomic mass is 16.5. The summed E-state index contributed by atoms with van der Waals surface area (Å²) >= 11 is 0. The van der Waals surface area contributed by atoms with Crippen molar-refractivity contribution in [3.05, 3.63) is 0 Å². The quantitative estimate of drug-likeness (QED) is 0.331. The Balaban J connectivity index is 3.06. The maximum Gasteiger partial charge on any atom is 0.107 e. The van der Waals surface area contributed by atoms with Gasteiger partial charge in [0.25, 0.3) is 0 Å². The monoisotopic (exact) mass is 235 g/mol. The molecule has 0 aromatic carbocycles. The Kier molecular flexibility index (Phi) is 12.7. The van der Waals surface area contributed by atoms with Gasteiger partial charge in [-0.2, -0.15) is 0 Å². The lowest BCUT2D eigenvalue weighted by Crippen LogP contribution is -2.30. The van der Waals surface area contributed by atoms with Crippen molar-refractivity contribution in [3.8, 4) is 0 Å². The standard InChI is InChI=1S/C11H25NO4/c1-2-3-5-12-11(14)4-7-15-9-10-16-8-6-13/h11-14H,2-10H2,1H3. The normalized spacial score (nSPS) is 12.9. The Morgan fingerprint density at radius 2 is 1.81 bits per heavy atom. The fourth-order valence-electron chi connectivity index (χ4n) is 1.13. The van der Waals surface area contributed by atoms with E-state index in [1.54, 1.807) is 0 Å². The molecule has 5 heteroatoms. The molecule has 5 nitrogen and oxygen atoms in total. The zero-order valence-corrected chi connectivity index (χ0v) is 10.2. The van der Waals surface area contributed by atoms with Gasteiger partial charge in [-0.25, -0.2) is 0 Å². The number of rotatable bonds is 12. The highest BCUT2D eigenvalue weighted by Gasteiger charge is 2.01. The summed E-state index contributed by atoms with van der Waals surface area (Å²) in [6.07, 6.45) is 2.31. The zero-order valence-electron chi connectivity index (χ0n) is 10.2. The van der Waals surface area contributed by atoms with E-state index in [4.69, 9.17) is 14.6 Å². The number of ether oxygens (including phenoxy) is 2. The molecule has 0 spiro atoms. The van der Waals surface area contributed by atoms with Gasteiger partial charge in [-0.3, -0.25) is 5.32 Å². The lowest BCUT2D eigenvalue weighted by molar-refractivity contribution is 0.0179. The highest BCUT2D eigenvalue weighted by molar-refractivity contribution is 4.52. The first-order valence-electron chi connectivity index (χ1n) is 5.99. The van der Waals surface area contributed by atoms with Crippen LogP contribution < -0.4 is 5.32 Å². The van der Waals surface area contributed by atoms with Gasteiger partial charge in [0, 0.05) is 6.42 Å². The maximum absolute atomic E-state index is 9.46. The Morgan fingerprint density at radius 3 is 2.44 bits per heavy atom. The molecule has 1 atom stereocenters. The molecule has 0 aliphatic carbocycles. The molecule has 0 aromatic heterocycles. The van der Waals surface area contributed by atoms with Crippen LogP contribution in [0.3, 0.4) is 0 Å². The average Bonchev–Trinajstić information content (AvgIpc) is 2.28. The third-order valence-corrected chi connectivity index (χ3v) is 2.05. The zero-order chi connectivity index (χ0) is 12.1. The van der Waals surface area contributed by atoms with E-state index in [1.807, 2.05) is 0 Å². The van der Waals surface area contributed by atoms with E-state index in [0.29, 0.717) is 32.8 Å². The molecule has 0 aliphatic rings. The molecule has 0 heterocycles. The van der Waals surface area contributed by atoms with Crippen molar-refractivity contribution in [2.75, 3.05) is 39.6 Å². The van der Waals surface area contributed by atoms with Crippen LogP contribution in [0.5, 0.6) is 0 Å². The number of unbranched alkanes of at least 4 members (excludes halogenated alkanes) is 1. The van der Waals surface area contributed by atoms with E-state index >= 15 is 0 Å². The largest absolute Gasteiger partial charge is 0.394 e. The van der Waals surface area contributed by atoms with Crippen molar-refractivity contribution in [2.45, 2.75) is 32.4 Å². The predicted molar refractivity (Wildman–Crippen MR) is 62.3 cm³/mol. The molecular formula is C11H25NO4. The second-order valence-electron chi connectivity index (χ2n) is 3.56. The summed E-state index contributed by atoms with van der Waals surface area (Å²) in [5.74, 6) is 0. The van der Waals surface area contributed by atoms with E-state index in [9.17, 15) is 5.11 Å². The molecule has 0 aliphatic heterocycles. The summed E-state index contributed by atoms with van der Waals surface area (Å²) in [6, 6.07) is 0. The second kappa shape index (κ2) is 12.9. The highest BCUT2D eigenvalue weighted by Crippen LogP contribution is 1.91. The Morgan fingerprint density at radius 1 is 1.12 bits per heavy atom. The molecule has 0 radical (unpaired) electrons. The molecule has 0 fully saturated rings. The van der Waals surface area contributed by atoms with E-state index in [-0.39, 0.29) is 6.61 Å². The van der Waals surface area contributed by atoms with E-state index in [1.165, 1.54) is 0 Å². The van der Waals surface area contributed by atoms with Crippen LogP contribution in [0.25, 0.3) is 0 Å². The van der Waals surface area contributed by atoms with Crippen LogP contribution in [0.2, 0.25) is 0 Å². The van der Waals surface area contributed by atoms with E-state index in [2.05, 4.69) is 12.2 Å². The molecule has 98 valence electrons. The molecular weight excluding hydrogens is 210 g/mol. The third-order valence-electron chi connectivity index (χ3n) is 2.05. The molecule has 0 saturated heterocycles. The fraction of sp³-hybridized carbons (Fsp3) is 1.00. The van der Waals surface area contributed by atoms with Crippen molar-refractivity contribution in [1.82, 2.24) is 5.32 Å². The summed E-state index contributed by atoms with van der Waals surface area (Å²) in [6.45, 7) is 4.86. The summed E-state index contributed by atoms with van der Waals surface area (Å²) in [4.78, 5) is 0. The first kappa shape index (κ1) is 15.8. The van der Waals surface area contributed by atoms with Crippen molar-refractivity contribution in [1.29, 1.82) is 0 Å². The van der Waals surface area contributed by atoms with Crippen LogP contribution >= 0.6 is 0 Å². The van der Waals surface area contributed by atoms with Gasteiger partial charge in [-0.1, -0.05) is 13.3 Å². The Bertz CT molecular complexity index is 135. The fourth-order valence-corrected chi connectivity index (χ4v) is 1.13. The van der Waals surface area contributed by atoms with Crippen molar-refractivity contribution < 1.29 is 19.7 Å². The topological polar surface area (TPSA) is 71.0 Å². The van der Waals surface area contributed by atoms with Crippen LogP contribution in [0.4, 0.5) is 0 Å². The molecule has 0 amide bonds. The first-order chi connectivity index (χ1) is 7.81. The van der Waals surface area contributed by atoms with Crippen molar-refractivity contribution in [2.24, 2.45) is 0 Å². The Labute approximate surface area is 97.8 Å². The van der Waals surface area contributed by atoms with Gasteiger partial charge in [0.2, 0.25) is 0 Å². The minimum atomic E-state index is -0.482. The smallest absolute Gasteiger partial charge is 0.107 e. The van der Waals surface area contributed by atoms with Gasteiger partial charge in [0.05, 0.1) is 33.0 Å². The molecule has 16 heavy (non-hydrogen) atoms. The van der Waals surface area contributed by atoms with Gasteiger partial charge < -0.3 is 19.7 Å². The van der Waals surface area contributed by atoms with Gasteiger partial charge in [-0.15, -0.1) is 0 Å². The summed E-state index contributed by atoms with van der Waals surface area (Å²) in [5, 5.41) is 20.9. The number of hydrogen-bond acceptors (Lipinski definition) is 5. The summed E-state index contributed by atoms with van der Waals surface area (Å²) < 4.78 is 10.3. The van der Waals surface area contributed by atoms with Crippen molar-refractivity contribution >= 4 is 0 Å². The second-order valence-corrected chi connectivity index (χ2v) is 3.56. The molecule has 0 saturated carbocycles. The van der Waals surface area contributed by atoms with Crippen LogP contribution in [-0.4, -0.2) is 56.0 Å². The third kappa shape index (κ3) is 11.9. The van der Waals surface area contributed by atoms with E-state index < -0.39 is 6.23 Å². The minimum absolute atomic E-state index is 0.0417. The van der Waals surface area contributed by atoms with Crippen molar-refractivity contribution in [3.63, 3.8) is 0 Å². The molecule has 0 aromatic rings. The SMILES string of the molecule is CCCCNC(O)CCOCCOCCO. The molecule has 0 rings (SSSR count). The minimum Gasteiger partial charge on any atom is -0.394 e. The number of aliphatic hydroxyl groups is 2. The lowest BCUT2D eigenvalue weighted by Gasteiger charge is -2.12. The average molecular weight is 235 g/mol. The van der Waals surface area contributed by atoms with Gasteiger partial charge in [-0.05, 0) is 13.0 Å². The van der Waals surface area contributed by atoms with Gasteiger partial charge in [0.1, 0.15) is 6.23 Å². The van der Waals surface area contributed by atoms with E-state index in [0.717, 1.165) is 19.4 Å². The van der Waals surface area contributed by atoms with Gasteiger partial charge in [0.15, 0.2) is 0 Å². The van der Waals surface area contributed by atoms with Crippen LogP contribution in [0.1, 0.15) is 26.2 Å². The number of hydrogen-bond donors (Lipinski definition) is 3. The molecule has 1 unspecified atom stereocenters. The van der Waals surface area contributed by atoms with Gasteiger partial charge >= 0.3 is 0 Å². The summed E-state index contributed by atoms with van der Waals surface area (Å²) in [5.41, 5.74) is 0. The first-order valence-corrected chi connectivity index (χ1v) is 5.99. The van der Waals surface area contributed by atoms with Crippen LogP contribution in [0.15, 0.2) is 0 Å². The summed E-state index contributed by atoms with van der Waals surface area (Å²) in [7, 11) is 0. The predicted octanol–water partition coefficient (Wildman–Crippen LogP) is 0.110. The van der Waals surface area contributed by atoms with Crippen LogP contribution in [-0.2, 0) is 9.47 Å². The lowest BCUT2D eigenvalue weighted by atomic mass is 10.3. The number of nitrogens with one attached hydrogen (secondary N) is 1. The maximum atomic E-state index is 9.46. The Hall–Kier alpha value is -0.200.